The van der Waals surface area contributed by atoms with E-state index in [1.165, 1.54) is 17.4 Å². The topological polar surface area (TPSA) is 37.4 Å². The van der Waals surface area contributed by atoms with Crippen LogP contribution in [0.5, 0.6) is 0 Å². The number of sulfonamides is 1. The van der Waals surface area contributed by atoms with E-state index in [2.05, 4.69) is 0 Å². The molecular weight excluding hydrogens is 312 g/mol. The fourth-order valence-corrected chi connectivity index (χ4v) is 3.45. The van der Waals surface area contributed by atoms with Crippen molar-refractivity contribution >= 4 is 33.2 Å². The first-order valence-electron chi connectivity index (χ1n) is 5.87. The van der Waals surface area contributed by atoms with Crippen LogP contribution in [0.4, 0.5) is 4.39 Å². The van der Waals surface area contributed by atoms with Crippen molar-refractivity contribution in [1.82, 2.24) is 4.31 Å². The highest BCUT2D eigenvalue weighted by Crippen LogP contribution is 2.25. The van der Waals surface area contributed by atoms with Gasteiger partial charge in [-0.25, -0.2) is 17.1 Å². The monoisotopic (exact) mass is 327 g/mol. The molecule has 0 atom stereocenters. The van der Waals surface area contributed by atoms with E-state index in [1.807, 2.05) is 0 Å². The highest BCUT2D eigenvalue weighted by atomic mass is 35.5. The minimum absolute atomic E-state index is 0.0222. The quantitative estimate of drug-likeness (QED) is 0.567. The summed E-state index contributed by atoms with van der Waals surface area (Å²) in [5.41, 5.74) is 0. The van der Waals surface area contributed by atoms with E-state index in [0.717, 1.165) is 25.0 Å². The Balaban J connectivity index is 2.82. The van der Waals surface area contributed by atoms with Gasteiger partial charge in [-0.05, 0) is 31.0 Å². The number of rotatable bonds is 7. The Kier molecular flexibility index (Phi) is 6.53. The van der Waals surface area contributed by atoms with Crippen molar-refractivity contribution in [1.29, 1.82) is 0 Å². The van der Waals surface area contributed by atoms with Gasteiger partial charge in [0.15, 0.2) is 0 Å². The standard InChI is InChI=1S/C12H16Cl2FNO2S/c1-16(8-4-2-3-7-13)19(17,18)12-9-10(15)5-6-11(12)14/h5-6,9H,2-4,7-8H2,1H3. The van der Waals surface area contributed by atoms with Crippen molar-refractivity contribution in [3.8, 4) is 0 Å². The fourth-order valence-electron chi connectivity index (χ4n) is 1.57. The smallest absolute Gasteiger partial charge is 0.207 e. The highest BCUT2D eigenvalue weighted by molar-refractivity contribution is 7.89. The Labute approximate surface area is 123 Å². The van der Waals surface area contributed by atoms with E-state index < -0.39 is 15.8 Å². The normalized spacial score (nSPS) is 12.1. The molecule has 0 saturated carbocycles. The molecule has 0 unspecified atom stereocenters. The first-order chi connectivity index (χ1) is 8.89. The van der Waals surface area contributed by atoms with Crippen LogP contribution in [0.15, 0.2) is 23.1 Å². The maximum Gasteiger partial charge on any atom is 0.244 e. The van der Waals surface area contributed by atoms with E-state index in [1.54, 1.807) is 0 Å². The number of alkyl halides is 1. The van der Waals surface area contributed by atoms with Crippen LogP contribution in [0.25, 0.3) is 0 Å². The molecule has 0 aromatic heterocycles. The van der Waals surface area contributed by atoms with Crippen LogP contribution in [0.1, 0.15) is 19.3 Å². The predicted molar refractivity (Wildman–Crippen MR) is 75.8 cm³/mol. The molecule has 19 heavy (non-hydrogen) atoms. The number of halogens is 3. The molecule has 7 heteroatoms. The fraction of sp³-hybridized carbons (Fsp3) is 0.500. The summed E-state index contributed by atoms with van der Waals surface area (Å²) in [5.74, 6) is -0.0647. The summed E-state index contributed by atoms with van der Waals surface area (Å²) < 4.78 is 38.8. The molecule has 0 fully saturated rings. The number of benzene rings is 1. The van der Waals surface area contributed by atoms with Crippen LogP contribution in [0.3, 0.4) is 0 Å². The minimum Gasteiger partial charge on any atom is -0.207 e. The molecule has 1 aromatic rings. The average Bonchev–Trinajstić information content (AvgIpc) is 2.37. The van der Waals surface area contributed by atoms with Gasteiger partial charge >= 0.3 is 0 Å². The Morgan fingerprint density at radius 1 is 1.26 bits per heavy atom. The van der Waals surface area contributed by atoms with Gasteiger partial charge in [0.2, 0.25) is 10.0 Å². The number of nitrogens with zero attached hydrogens (tertiary/aromatic N) is 1. The largest absolute Gasteiger partial charge is 0.244 e. The summed E-state index contributed by atoms with van der Waals surface area (Å²) in [6.45, 7) is 0.353. The Bertz CT molecular complexity index is 522. The summed E-state index contributed by atoms with van der Waals surface area (Å²) >= 11 is 11.4. The van der Waals surface area contributed by atoms with Crippen LogP contribution in [0, 0.1) is 5.82 Å². The zero-order valence-electron chi connectivity index (χ0n) is 10.6. The lowest BCUT2D eigenvalue weighted by molar-refractivity contribution is 0.454. The lowest BCUT2D eigenvalue weighted by Crippen LogP contribution is -2.28. The van der Waals surface area contributed by atoms with Crippen molar-refractivity contribution < 1.29 is 12.8 Å². The molecule has 0 heterocycles. The lowest BCUT2D eigenvalue weighted by Gasteiger charge is -2.17. The minimum atomic E-state index is -3.75. The second kappa shape index (κ2) is 7.43. The molecular formula is C12H16Cl2FNO2S. The van der Waals surface area contributed by atoms with Crippen LogP contribution >= 0.6 is 23.2 Å². The summed E-state index contributed by atoms with van der Waals surface area (Å²) in [4.78, 5) is -0.200. The Morgan fingerprint density at radius 2 is 1.95 bits per heavy atom. The Hall–Kier alpha value is -0.360. The van der Waals surface area contributed by atoms with Crippen LogP contribution in [-0.2, 0) is 10.0 Å². The third kappa shape index (κ3) is 4.60. The molecule has 0 aliphatic carbocycles. The van der Waals surface area contributed by atoms with Crippen molar-refractivity contribution in [2.24, 2.45) is 0 Å². The molecule has 0 N–H and O–H groups in total. The molecule has 3 nitrogen and oxygen atoms in total. The molecule has 1 aromatic carbocycles. The number of hydrogen-bond acceptors (Lipinski definition) is 2. The molecule has 0 spiro atoms. The summed E-state index contributed by atoms with van der Waals surface area (Å²) in [6.07, 6.45) is 2.39. The van der Waals surface area contributed by atoms with Gasteiger partial charge in [-0.3, -0.25) is 0 Å². The van der Waals surface area contributed by atoms with E-state index in [4.69, 9.17) is 23.2 Å². The molecule has 0 aliphatic heterocycles. The number of hydrogen-bond donors (Lipinski definition) is 0. The molecule has 0 bridgehead atoms. The van der Waals surface area contributed by atoms with E-state index in [-0.39, 0.29) is 9.92 Å². The molecule has 0 amide bonds. The zero-order chi connectivity index (χ0) is 14.5. The maximum atomic E-state index is 13.1. The Morgan fingerprint density at radius 3 is 2.58 bits per heavy atom. The van der Waals surface area contributed by atoms with E-state index >= 15 is 0 Å². The summed E-state index contributed by atoms with van der Waals surface area (Å²) in [6, 6.07) is 3.31. The molecule has 1 rings (SSSR count). The van der Waals surface area contributed by atoms with Crippen LogP contribution in [0.2, 0.25) is 5.02 Å². The van der Waals surface area contributed by atoms with Crippen molar-refractivity contribution in [3.63, 3.8) is 0 Å². The van der Waals surface area contributed by atoms with Crippen molar-refractivity contribution in [3.05, 3.63) is 29.0 Å². The first-order valence-corrected chi connectivity index (χ1v) is 8.22. The van der Waals surface area contributed by atoms with Gasteiger partial charge in [-0.15, -0.1) is 11.6 Å². The molecule has 0 aliphatic rings. The third-order valence-electron chi connectivity index (χ3n) is 2.69. The summed E-state index contributed by atoms with van der Waals surface area (Å²) in [7, 11) is -2.30. The van der Waals surface area contributed by atoms with Gasteiger partial charge in [0.05, 0.1) is 5.02 Å². The second-order valence-corrected chi connectivity index (χ2v) is 6.95. The maximum absolute atomic E-state index is 13.1. The zero-order valence-corrected chi connectivity index (χ0v) is 12.9. The van der Waals surface area contributed by atoms with Crippen molar-refractivity contribution in [2.75, 3.05) is 19.5 Å². The van der Waals surface area contributed by atoms with E-state index in [9.17, 15) is 12.8 Å². The summed E-state index contributed by atoms with van der Waals surface area (Å²) in [5, 5.41) is 0.0222. The highest BCUT2D eigenvalue weighted by Gasteiger charge is 2.23. The lowest BCUT2D eigenvalue weighted by atomic mass is 10.2. The number of unbranched alkanes of at least 4 members (excludes halogenated alkanes) is 2. The van der Waals surface area contributed by atoms with Gasteiger partial charge in [0.25, 0.3) is 0 Å². The van der Waals surface area contributed by atoms with Crippen LogP contribution in [-0.4, -0.2) is 32.2 Å². The van der Waals surface area contributed by atoms with Gasteiger partial charge in [0.1, 0.15) is 10.7 Å². The van der Waals surface area contributed by atoms with E-state index in [0.29, 0.717) is 18.8 Å². The molecule has 0 radical (unpaired) electrons. The second-order valence-electron chi connectivity index (χ2n) is 4.15. The first kappa shape index (κ1) is 16.7. The van der Waals surface area contributed by atoms with Gasteiger partial charge in [0, 0.05) is 19.5 Å². The SMILES string of the molecule is CN(CCCCCCl)S(=O)(=O)c1cc(F)ccc1Cl. The predicted octanol–water partition coefficient (Wildman–Crippen LogP) is 3.51. The molecule has 108 valence electrons. The van der Waals surface area contributed by atoms with Gasteiger partial charge < -0.3 is 0 Å². The third-order valence-corrected chi connectivity index (χ3v) is 5.29. The average molecular weight is 328 g/mol. The van der Waals surface area contributed by atoms with Gasteiger partial charge in [-0.1, -0.05) is 18.0 Å². The van der Waals surface area contributed by atoms with Crippen molar-refractivity contribution in [2.45, 2.75) is 24.2 Å². The van der Waals surface area contributed by atoms with Gasteiger partial charge in [-0.2, -0.15) is 0 Å². The molecule has 0 saturated heterocycles. The van der Waals surface area contributed by atoms with Crippen LogP contribution < -0.4 is 0 Å².